The third kappa shape index (κ3) is 4.65. The normalized spacial score (nSPS) is 13.4. The minimum absolute atomic E-state index is 0.139. The largest absolute Gasteiger partial charge is 0.464 e. The van der Waals surface area contributed by atoms with Gasteiger partial charge in [-0.15, -0.1) is 0 Å². The number of urea groups is 1. The van der Waals surface area contributed by atoms with Crippen molar-refractivity contribution in [1.82, 2.24) is 10.6 Å². The maximum absolute atomic E-state index is 11.9. The van der Waals surface area contributed by atoms with Crippen LogP contribution in [0.3, 0.4) is 0 Å². The zero-order valence-corrected chi connectivity index (χ0v) is 13.4. The first-order valence-corrected chi connectivity index (χ1v) is 7.72. The molecule has 4 heteroatoms. The predicted octanol–water partition coefficient (Wildman–Crippen LogP) is 4.14. The lowest BCUT2D eigenvalue weighted by Crippen LogP contribution is -2.37. The van der Waals surface area contributed by atoms with Gasteiger partial charge in [0.1, 0.15) is 11.5 Å². The summed E-state index contributed by atoms with van der Waals surface area (Å²) >= 11 is 0. The molecule has 2 amide bonds. The molecule has 0 aliphatic carbocycles. The van der Waals surface area contributed by atoms with Crippen molar-refractivity contribution in [2.75, 3.05) is 6.54 Å². The van der Waals surface area contributed by atoms with Gasteiger partial charge in [-0.1, -0.05) is 37.3 Å². The first kappa shape index (κ1) is 16.1. The van der Waals surface area contributed by atoms with Crippen molar-refractivity contribution >= 4 is 6.03 Å². The highest BCUT2D eigenvalue weighted by molar-refractivity contribution is 5.74. The van der Waals surface area contributed by atoms with Gasteiger partial charge in [0.05, 0.1) is 6.04 Å². The molecule has 2 N–H and O–H groups in total. The van der Waals surface area contributed by atoms with E-state index in [4.69, 9.17) is 4.42 Å². The number of hydrogen-bond donors (Lipinski definition) is 2. The summed E-state index contributed by atoms with van der Waals surface area (Å²) in [6.45, 7) is 6.61. The predicted molar refractivity (Wildman–Crippen MR) is 87.9 cm³/mol. The number of carbonyl (C=O) groups is 1. The van der Waals surface area contributed by atoms with Gasteiger partial charge in [-0.25, -0.2) is 4.79 Å². The molecule has 2 aromatic rings. The Balaban J connectivity index is 1.71. The number of aryl methyl sites for hydroxylation is 1. The third-order valence-corrected chi connectivity index (χ3v) is 3.77. The number of nitrogens with one attached hydrogen (secondary N) is 2. The Morgan fingerprint density at radius 1 is 1.14 bits per heavy atom. The maximum atomic E-state index is 11.9. The monoisotopic (exact) mass is 300 g/mol. The first-order valence-electron chi connectivity index (χ1n) is 7.72. The Kier molecular flexibility index (Phi) is 5.64. The summed E-state index contributed by atoms with van der Waals surface area (Å²) in [6, 6.07) is 13.8. The quantitative estimate of drug-likeness (QED) is 0.842. The lowest BCUT2D eigenvalue weighted by atomic mass is 9.98. The average Bonchev–Trinajstić information content (AvgIpc) is 2.94. The van der Waals surface area contributed by atoms with Gasteiger partial charge in [-0.05, 0) is 43.9 Å². The van der Waals surface area contributed by atoms with Crippen LogP contribution in [-0.2, 0) is 0 Å². The van der Waals surface area contributed by atoms with Crippen molar-refractivity contribution < 1.29 is 9.21 Å². The van der Waals surface area contributed by atoms with Crippen LogP contribution in [0.1, 0.15) is 49.3 Å². The van der Waals surface area contributed by atoms with E-state index in [1.54, 1.807) is 0 Å². The fourth-order valence-electron chi connectivity index (χ4n) is 2.36. The molecule has 4 nitrogen and oxygen atoms in total. The minimum Gasteiger partial charge on any atom is -0.464 e. The van der Waals surface area contributed by atoms with Crippen LogP contribution in [0.5, 0.6) is 0 Å². The number of furan rings is 1. The summed E-state index contributed by atoms with van der Waals surface area (Å²) in [6.07, 6.45) is 0.908. The van der Waals surface area contributed by atoms with E-state index >= 15 is 0 Å². The second-order valence-corrected chi connectivity index (χ2v) is 5.67. The van der Waals surface area contributed by atoms with Crippen LogP contribution < -0.4 is 10.6 Å². The number of rotatable bonds is 6. The molecule has 0 aliphatic heterocycles. The molecule has 0 spiro atoms. The SMILES string of the molecule is Cc1ccc(C(C)NC(=O)NCCC(C)c2ccccc2)o1. The van der Waals surface area contributed by atoms with E-state index in [1.165, 1.54) is 5.56 Å². The molecule has 1 heterocycles. The summed E-state index contributed by atoms with van der Waals surface area (Å²) in [4.78, 5) is 11.9. The molecule has 2 atom stereocenters. The number of hydrogen-bond acceptors (Lipinski definition) is 2. The molecule has 2 rings (SSSR count). The standard InChI is InChI=1S/C18H24N2O2/c1-13(16-7-5-4-6-8-16)11-12-19-18(21)20-15(3)17-10-9-14(2)22-17/h4-10,13,15H,11-12H2,1-3H3,(H2,19,20,21). The van der Waals surface area contributed by atoms with Gasteiger partial charge < -0.3 is 15.1 Å². The first-order chi connectivity index (χ1) is 10.6. The molecule has 0 saturated carbocycles. The molecule has 2 unspecified atom stereocenters. The van der Waals surface area contributed by atoms with Gasteiger partial charge in [-0.2, -0.15) is 0 Å². The second-order valence-electron chi connectivity index (χ2n) is 5.67. The van der Waals surface area contributed by atoms with E-state index in [0.29, 0.717) is 12.5 Å². The molecule has 118 valence electrons. The van der Waals surface area contributed by atoms with Crippen LogP contribution in [0.4, 0.5) is 4.79 Å². The van der Waals surface area contributed by atoms with Gasteiger partial charge >= 0.3 is 6.03 Å². The Bertz CT molecular complexity index is 592. The van der Waals surface area contributed by atoms with Crippen molar-refractivity contribution in [2.45, 2.75) is 39.2 Å². The van der Waals surface area contributed by atoms with Crippen LogP contribution >= 0.6 is 0 Å². The lowest BCUT2D eigenvalue weighted by molar-refractivity contribution is 0.235. The van der Waals surface area contributed by atoms with E-state index in [2.05, 4.69) is 29.7 Å². The zero-order chi connectivity index (χ0) is 15.9. The topological polar surface area (TPSA) is 54.3 Å². The van der Waals surface area contributed by atoms with Crippen LogP contribution in [0, 0.1) is 6.92 Å². The average molecular weight is 300 g/mol. The van der Waals surface area contributed by atoms with Crippen molar-refractivity contribution in [1.29, 1.82) is 0 Å². The van der Waals surface area contributed by atoms with E-state index in [1.807, 2.05) is 44.2 Å². The van der Waals surface area contributed by atoms with Crippen molar-refractivity contribution in [2.24, 2.45) is 0 Å². The molecular weight excluding hydrogens is 276 g/mol. The fraction of sp³-hybridized carbons (Fsp3) is 0.389. The highest BCUT2D eigenvalue weighted by atomic mass is 16.3. The molecule has 1 aromatic heterocycles. The zero-order valence-electron chi connectivity index (χ0n) is 13.4. The smallest absolute Gasteiger partial charge is 0.315 e. The summed E-state index contributed by atoms with van der Waals surface area (Å²) < 4.78 is 5.50. The van der Waals surface area contributed by atoms with E-state index in [-0.39, 0.29) is 12.1 Å². The van der Waals surface area contributed by atoms with Crippen LogP contribution in [0.2, 0.25) is 0 Å². The fourth-order valence-corrected chi connectivity index (χ4v) is 2.36. The Morgan fingerprint density at radius 2 is 1.86 bits per heavy atom. The molecule has 22 heavy (non-hydrogen) atoms. The molecule has 0 radical (unpaired) electrons. The van der Waals surface area contributed by atoms with Crippen molar-refractivity contribution in [3.8, 4) is 0 Å². The molecular formula is C18H24N2O2. The van der Waals surface area contributed by atoms with Gasteiger partial charge in [0, 0.05) is 6.54 Å². The number of carbonyl (C=O) groups excluding carboxylic acids is 1. The van der Waals surface area contributed by atoms with E-state index in [0.717, 1.165) is 17.9 Å². The molecule has 1 aromatic carbocycles. The molecule has 0 fully saturated rings. The number of amides is 2. The number of benzene rings is 1. The van der Waals surface area contributed by atoms with E-state index in [9.17, 15) is 4.79 Å². The highest BCUT2D eigenvalue weighted by Crippen LogP contribution is 2.18. The summed E-state index contributed by atoms with van der Waals surface area (Å²) in [5, 5.41) is 5.78. The third-order valence-electron chi connectivity index (χ3n) is 3.77. The van der Waals surface area contributed by atoms with Crippen LogP contribution in [0.25, 0.3) is 0 Å². The van der Waals surface area contributed by atoms with E-state index < -0.39 is 0 Å². The second kappa shape index (κ2) is 7.69. The van der Waals surface area contributed by atoms with Gasteiger partial charge in [-0.3, -0.25) is 0 Å². The molecule has 0 aliphatic rings. The lowest BCUT2D eigenvalue weighted by Gasteiger charge is -2.15. The van der Waals surface area contributed by atoms with Crippen molar-refractivity contribution in [3.05, 3.63) is 59.5 Å². The summed E-state index contributed by atoms with van der Waals surface area (Å²) in [7, 11) is 0. The Morgan fingerprint density at radius 3 is 2.50 bits per heavy atom. The Labute approximate surface area is 131 Å². The van der Waals surface area contributed by atoms with Gasteiger partial charge in [0.2, 0.25) is 0 Å². The van der Waals surface area contributed by atoms with Crippen LogP contribution in [0.15, 0.2) is 46.9 Å². The summed E-state index contributed by atoms with van der Waals surface area (Å²) in [5.74, 6) is 2.04. The molecule has 0 bridgehead atoms. The molecule has 0 saturated heterocycles. The minimum atomic E-state index is -0.165. The summed E-state index contributed by atoms with van der Waals surface area (Å²) in [5.41, 5.74) is 1.30. The van der Waals surface area contributed by atoms with Gasteiger partial charge in [0.25, 0.3) is 0 Å². The maximum Gasteiger partial charge on any atom is 0.315 e. The van der Waals surface area contributed by atoms with Gasteiger partial charge in [0.15, 0.2) is 0 Å². The Hall–Kier alpha value is -2.23. The highest BCUT2D eigenvalue weighted by Gasteiger charge is 2.12. The van der Waals surface area contributed by atoms with Crippen molar-refractivity contribution in [3.63, 3.8) is 0 Å². The van der Waals surface area contributed by atoms with Crippen LogP contribution in [-0.4, -0.2) is 12.6 Å².